The van der Waals surface area contributed by atoms with Crippen molar-refractivity contribution in [1.82, 2.24) is 44.9 Å². The van der Waals surface area contributed by atoms with Crippen LogP contribution in [0.2, 0.25) is 15.5 Å². The predicted molar refractivity (Wildman–Crippen MR) is 496 cm³/mol. The number of hydrogen-bond acceptors (Lipinski definition) is 28. The van der Waals surface area contributed by atoms with Crippen LogP contribution < -0.4 is 5.32 Å². The van der Waals surface area contributed by atoms with E-state index in [-0.39, 0.29) is 119 Å². The van der Waals surface area contributed by atoms with E-state index in [2.05, 4.69) is 53.1 Å². The molecule has 7 saturated heterocycles. The number of halogens is 10. The number of ether oxygens (including phenoxy) is 11. The zero-order chi connectivity index (χ0) is 98.7. The van der Waals surface area contributed by atoms with Crippen LogP contribution in [-0.4, -0.2) is 270 Å². The molecular weight excluding hydrogens is 1910 g/mol. The molecule has 15 rings (SSSR count). The van der Waals surface area contributed by atoms with Gasteiger partial charge in [0.2, 0.25) is 0 Å². The van der Waals surface area contributed by atoms with Crippen LogP contribution in [0.5, 0.6) is 0 Å². The molecule has 1 unspecified atom stereocenters. The van der Waals surface area contributed by atoms with Crippen molar-refractivity contribution >= 4 is 105 Å². The topological polar surface area (TPSA) is 376 Å². The first-order valence-corrected chi connectivity index (χ1v) is 45.9. The van der Waals surface area contributed by atoms with E-state index in [4.69, 9.17) is 101 Å². The number of likely N-dealkylation sites (tertiary alicyclic amines) is 1. The maximum Gasteiger partial charge on any atom is 0.490 e. The number of pyridine rings is 5. The number of carbonyl (C=O) groups is 4. The second kappa shape index (κ2) is 49.9. The lowest BCUT2D eigenvalue weighted by molar-refractivity contribution is -0.159. The van der Waals surface area contributed by atoms with Crippen molar-refractivity contribution in [3.8, 4) is 0 Å². The Balaban J connectivity index is 0.000000215. The Bertz CT molecular complexity index is 4820. The molecule has 10 aliphatic heterocycles. The fraction of sp³-hybridized carbons (Fsp3) is 0.620. The van der Waals surface area contributed by atoms with Crippen molar-refractivity contribution < 1.29 is 128 Å². The Morgan fingerprint density at radius 1 is 0.545 bits per heavy atom. The highest BCUT2D eigenvalue weighted by atomic mass is 79.9. The summed E-state index contributed by atoms with van der Waals surface area (Å²) in [5, 5.41) is 50.8. The van der Waals surface area contributed by atoms with E-state index >= 15 is 0 Å². The molecule has 0 radical (unpaired) electrons. The third kappa shape index (κ3) is 35.0. The molecule has 134 heavy (non-hydrogen) atoms. The molecule has 10 aliphatic rings. The second-order valence-corrected chi connectivity index (χ2v) is 39.5. The van der Waals surface area contributed by atoms with Gasteiger partial charge >= 0.3 is 19.3 Å². The lowest BCUT2D eigenvalue weighted by atomic mass is 9.75. The number of carbonyl (C=O) groups excluding carboxylic acids is 4. The second-order valence-electron chi connectivity index (χ2n) is 37.5. The minimum Gasteiger partial charge on any atom is -0.444 e. The van der Waals surface area contributed by atoms with Gasteiger partial charge in [-0.1, -0.05) is 53.0 Å². The Morgan fingerprint density at radius 3 is 1.37 bits per heavy atom. The van der Waals surface area contributed by atoms with Gasteiger partial charge in [-0.2, -0.15) is 0 Å². The van der Waals surface area contributed by atoms with Gasteiger partial charge in [0, 0.05) is 110 Å². The van der Waals surface area contributed by atoms with Crippen molar-refractivity contribution in [1.29, 1.82) is 0 Å². The quantitative estimate of drug-likeness (QED) is 0.0276. The molecule has 0 aliphatic carbocycles. The van der Waals surface area contributed by atoms with E-state index in [0.29, 0.717) is 73.9 Å². The van der Waals surface area contributed by atoms with Gasteiger partial charge in [0.05, 0.1) is 50.3 Å². The summed E-state index contributed by atoms with van der Waals surface area (Å²) in [5.41, 5.74) is 2.41. The first kappa shape index (κ1) is 114. The van der Waals surface area contributed by atoms with Crippen molar-refractivity contribution in [2.24, 2.45) is 0 Å². The fourth-order valence-corrected chi connectivity index (χ4v) is 14.7. The molecule has 0 saturated carbocycles. The van der Waals surface area contributed by atoms with E-state index in [9.17, 15) is 61.6 Å². The van der Waals surface area contributed by atoms with Gasteiger partial charge in [-0.25, -0.2) is 46.5 Å². The van der Waals surface area contributed by atoms with E-state index in [1.165, 1.54) is 56.0 Å². The number of hydrogen-bond donors (Lipinski definition) is 6. The summed E-state index contributed by atoms with van der Waals surface area (Å²) in [5.74, 6) is -6.12. The standard InChI is InChI=1S/C21H29FN2O5.C16H28BNO4.C13H17FN2O3.C11H13ClFNO3.C11H11ClFNO3.C10H17NO3.C5H2BrClFN.C5H10O.ClH/c1-20(2,3)29-19(26)24-8-6-13(7-9-24)17-15(22)10-14(11-23-17)18(25)16-12-27-21(4,5)28-16;1-14(2,3)20-13(19)18-10-8-12(9-11-18)17-21-15(4,5)16(6,7)22-17;14-10-5-9(13(19)11(18)7-17)6-16-12(10)8-1-3-15-4-2-8;2*1-11(2)16-5-8(17-11)9(15)6-3-7(13)10(12)14-4-6;1-10(2)13-7-8(14-10)9(12)11-5-3-4-6-11;6-3-1-4(8)5(7)9-2-3;1-5-3-2-4-6-5;/h6,10-11,16,18,25H,7-9,12H2,1-5H3;8H,9-11H2,1-7H3;1,5-6,11,13,15,17-19H,2-4,7H2;3-4,8-9,15H,5H2,1-2H3;3-4,8H,5H2,1-2H3;8H,3-7H2,1-2H3;1-2H;5H,2-4H2,1H3;1H/t16-,18-;;11-,13-;8-,9-;2*8-;;;/m1.1111.../s1. The summed E-state index contributed by atoms with van der Waals surface area (Å²) in [4.78, 5) is 72.1. The maximum atomic E-state index is 14.7. The molecular formula is C92H128BBrCl4F5N9O22. The smallest absolute Gasteiger partial charge is 0.444 e. The van der Waals surface area contributed by atoms with Crippen molar-refractivity contribution in [3.05, 3.63) is 168 Å². The molecule has 3 amide bonds. The number of amides is 3. The van der Waals surface area contributed by atoms with Gasteiger partial charge in [-0.3, -0.25) is 19.6 Å². The molecule has 42 heteroatoms. The third-order valence-corrected chi connectivity index (χ3v) is 23.1. The number of aliphatic hydroxyl groups is 5. The van der Waals surface area contributed by atoms with Gasteiger partial charge < -0.3 is 107 Å². The summed E-state index contributed by atoms with van der Waals surface area (Å²) in [6.45, 7) is 42.0. The monoisotopic (exact) mass is 2040 g/mol. The van der Waals surface area contributed by atoms with Gasteiger partial charge in [0.1, 0.15) is 77.0 Å². The van der Waals surface area contributed by atoms with Crippen LogP contribution in [0.4, 0.5) is 31.5 Å². The first-order chi connectivity index (χ1) is 61.9. The van der Waals surface area contributed by atoms with Crippen LogP contribution >= 0.6 is 63.1 Å². The number of aliphatic hydroxyl groups excluding tert-OH is 5. The zero-order valence-electron chi connectivity index (χ0n) is 79.2. The van der Waals surface area contributed by atoms with E-state index in [0.717, 1.165) is 80.3 Å². The third-order valence-electron chi connectivity index (χ3n) is 21.9. The molecule has 0 aromatic carbocycles. The Morgan fingerprint density at radius 2 is 0.985 bits per heavy atom. The SMILES string of the molecule is CC(C)(C)OC(=O)N1CC=C(B2OC(C)(C)C(C)(C)O2)CC1.CC(C)(C)OC(=O)N1CC=C(c2ncc([C@@H](O)[C@H]3COC(C)(C)O3)cc2F)CC1.CC1(C)OC[C@H](C(=O)N2CCCC2)O1.CC1(C)OC[C@H](C(=O)c2cnc(Cl)c(F)c2)O1.CC1(C)OC[C@H]([C@H](O)c2cnc(Cl)c(F)c2)O1.CC1CCCO1.Cl.Fc1cc(Br)cnc1Cl.OC[C@@H](O)[C@H](O)c1cnc(C2=CCNCC2)c(F)c1. The minimum atomic E-state index is -1.34. The maximum absolute atomic E-state index is 14.7. The largest absolute Gasteiger partial charge is 0.490 e. The summed E-state index contributed by atoms with van der Waals surface area (Å²) in [7, 11) is -0.314. The molecule has 31 nitrogen and oxygen atoms in total. The van der Waals surface area contributed by atoms with Crippen molar-refractivity contribution in [2.45, 2.75) is 277 Å². The van der Waals surface area contributed by atoms with Crippen LogP contribution in [0.25, 0.3) is 11.1 Å². The lowest BCUT2D eigenvalue weighted by Crippen LogP contribution is -2.41. The summed E-state index contributed by atoms with van der Waals surface area (Å²) < 4.78 is 139. The lowest BCUT2D eigenvalue weighted by Gasteiger charge is -2.32. The van der Waals surface area contributed by atoms with E-state index < -0.39 is 113 Å². The number of nitrogens with zero attached hydrogens (tertiary/aromatic N) is 8. The molecule has 0 bridgehead atoms. The van der Waals surface area contributed by atoms with E-state index in [1.54, 1.807) is 57.4 Å². The van der Waals surface area contributed by atoms with Crippen molar-refractivity contribution in [2.75, 3.05) is 92.0 Å². The minimum absolute atomic E-state index is 0. The van der Waals surface area contributed by atoms with Crippen molar-refractivity contribution in [3.63, 3.8) is 0 Å². The highest BCUT2D eigenvalue weighted by Crippen LogP contribution is 2.41. The number of rotatable bonds is 13. The summed E-state index contributed by atoms with van der Waals surface area (Å²) in [6, 6.07) is 5.88. The summed E-state index contributed by atoms with van der Waals surface area (Å²) in [6.07, 6.45) is 12.1. The first-order valence-electron chi connectivity index (χ1n) is 44.0. The van der Waals surface area contributed by atoms with Gasteiger partial charge in [0.25, 0.3) is 5.91 Å². The summed E-state index contributed by atoms with van der Waals surface area (Å²) >= 11 is 19.2. The van der Waals surface area contributed by atoms with E-state index in [1.807, 2.05) is 100 Å². The molecule has 5 aromatic rings. The van der Waals surface area contributed by atoms with Crippen LogP contribution in [0.3, 0.4) is 0 Å². The molecule has 746 valence electrons. The molecule has 5 aromatic heterocycles. The molecule has 15 heterocycles. The van der Waals surface area contributed by atoms with Crippen LogP contribution in [0.15, 0.2) is 89.5 Å². The molecule has 6 N–H and O–H groups in total. The Labute approximate surface area is 810 Å². The van der Waals surface area contributed by atoms with Gasteiger partial charge in [-0.15, -0.1) is 12.4 Å². The zero-order valence-corrected chi connectivity index (χ0v) is 83.9. The highest BCUT2D eigenvalue weighted by molar-refractivity contribution is 9.10. The number of ketones is 1. The fourth-order valence-electron chi connectivity index (χ4n) is 14.0. The molecule has 9 atom stereocenters. The Hall–Kier alpha value is -6.68. The number of nitrogens with one attached hydrogen (secondary N) is 1. The van der Waals surface area contributed by atoms with Crippen LogP contribution in [0.1, 0.15) is 233 Å². The average molecular weight is 2040 g/mol. The highest BCUT2D eigenvalue weighted by Gasteiger charge is 2.53. The normalized spacial score (nSPS) is 23.1. The Kier molecular flexibility index (Phi) is 42.6. The van der Waals surface area contributed by atoms with Gasteiger partial charge in [0.15, 0.2) is 67.9 Å². The number of aromatic nitrogens is 5. The average Bonchev–Trinajstić information content (AvgIpc) is 1.62. The molecule has 0 spiro atoms. The van der Waals surface area contributed by atoms with Gasteiger partial charge in [-0.05, 0) is 246 Å². The van der Waals surface area contributed by atoms with Crippen LogP contribution in [-0.2, 0) is 66.2 Å². The van der Waals surface area contributed by atoms with Crippen LogP contribution in [0, 0.1) is 29.1 Å². The molecule has 7 fully saturated rings. The number of Topliss-reactive ketones (excluding diaryl/α,β-unsaturated/α-hetero) is 1. The predicted octanol–water partition coefficient (Wildman–Crippen LogP) is 15.9.